The highest BCUT2D eigenvalue weighted by Gasteiger charge is 2.33. The Labute approximate surface area is 210 Å². The van der Waals surface area contributed by atoms with Gasteiger partial charge in [0.05, 0.1) is 18.0 Å². The van der Waals surface area contributed by atoms with Crippen LogP contribution in [0.1, 0.15) is 32.8 Å². The number of ether oxygens (including phenoxy) is 1. The van der Waals surface area contributed by atoms with E-state index < -0.39 is 11.8 Å². The Balaban J connectivity index is 1.79. The molecular formula is C29H28N4O3. The summed E-state index contributed by atoms with van der Waals surface area (Å²) in [5.41, 5.74) is 3.68. The Hall–Kier alpha value is -4.44. The molecule has 1 aromatic heterocycles. The van der Waals surface area contributed by atoms with E-state index in [2.05, 4.69) is 13.8 Å². The summed E-state index contributed by atoms with van der Waals surface area (Å²) >= 11 is 0. The summed E-state index contributed by atoms with van der Waals surface area (Å²) in [5.74, 6) is 0.300. The van der Waals surface area contributed by atoms with E-state index in [4.69, 9.17) is 9.84 Å². The van der Waals surface area contributed by atoms with E-state index in [0.717, 1.165) is 28.3 Å². The molecule has 36 heavy (non-hydrogen) atoms. The van der Waals surface area contributed by atoms with Crippen molar-refractivity contribution in [3.05, 3.63) is 83.1 Å². The lowest BCUT2D eigenvalue weighted by Gasteiger charge is -2.23. The van der Waals surface area contributed by atoms with Gasteiger partial charge in [-0.3, -0.25) is 14.5 Å². The van der Waals surface area contributed by atoms with Gasteiger partial charge in [-0.2, -0.15) is 10.4 Å². The van der Waals surface area contributed by atoms with Crippen LogP contribution in [0.5, 0.6) is 5.75 Å². The molecule has 0 saturated heterocycles. The summed E-state index contributed by atoms with van der Waals surface area (Å²) in [5, 5.41) is 14.3. The quantitative estimate of drug-likeness (QED) is 0.343. The number of carbonyl (C=O) groups is 2. The highest BCUT2D eigenvalue weighted by Crippen LogP contribution is 2.31. The number of aromatic nitrogens is 2. The summed E-state index contributed by atoms with van der Waals surface area (Å²) in [7, 11) is 1.38. The molecule has 0 bridgehead atoms. The number of likely N-dealkylation sites (N-methyl/N-ethyl adjacent to an activating group) is 1. The second-order valence-corrected chi connectivity index (χ2v) is 9.11. The Morgan fingerprint density at radius 3 is 2.39 bits per heavy atom. The van der Waals surface area contributed by atoms with E-state index in [1.54, 1.807) is 17.7 Å². The van der Waals surface area contributed by atoms with Gasteiger partial charge < -0.3 is 4.74 Å². The summed E-state index contributed by atoms with van der Waals surface area (Å²) in [6.45, 7) is 6.59. The molecule has 3 aromatic rings. The molecule has 2 aromatic carbocycles. The molecule has 0 aliphatic carbocycles. The van der Waals surface area contributed by atoms with Gasteiger partial charge in [-0.1, -0.05) is 32.0 Å². The predicted molar refractivity (Wildman–Crippen MR) is 138 cm³/mol. The Bertz CT molecular complexity index is 1390. The van der Waals surface area contributed by atoms with E-state index in [1.165, 1.54) is 7.05 Å². The molecule has 0 saturated carbocycles. The van der Waals surface area contributed by atoms with Gasteiger partial charge in [0.15, 0.2) is 0 Å². The molecule has 0 fully saturated rings. The van der Waals surface area contributed by atoms with Gasteiger partial charge in [0.1, 0.15) is 17.4 Å². The van der Waals surface area contributed by atoms with E-state index in [1.807, 2.05) is 66.9 Å². The third-order valence-electron chi connectivity index (χ3n) is 6.10. The van der Waals surface area contributed by atoms with Gasteiger partial charge in [-0.15, -0.1) is 0 Å². The molecule has 182 valence electrons. The number of amides is 2. The van der Waals surface area contributed by atoms with Crippen LogP contribution in [-0.4, -0.2) is 40.1 Å². The maximum Gasteiger partial charge on any atom is 0.271 e. The lowest BCUT2D eigenvalue weighted by molar-refractivity contribution is -0.138. The molecule has 1 aliphatic rings. The summed E-state index contributed by atoms with van der Waals surface area (Å²) < 4.78 is 7.60. The van der Waals surface area contributed by atoms with Gasteiger partial charge in [0.2, 0.25) is 0 Å². The molecule has 1 aliphatic heterocycles. The van der Waals surface area contributed by atoms with Crippen LogP contribution in [0.3, 0.4) is 0 Å². The van der Waals surface area contributed by atoms with E-state index in [0.29, 0.717) is 29.4 Å². The molecule has 7 heteroatoms. The minimum atomic E-state index is -0.592. The van der Waals surface area contributed by atoms with Crippen molar-refractivity contribution in [1.29, 1.82) is 5.26 Å². The van der Waals surface area contributed by atoms with Crippen LogP contribution < -0.4 is 4.74 Å². The second-order valence-electron chi connectivity index (χ2n) is 9.11. The number of hydrogen-bond donors (Lipinski definition) is 0. The average Bonchev–Trinajstić information content (AvgIpc) is 3.30. The lowest BCUT2D eigenvalue weighted by atomic mass is 9.93. The minimum absolute atomic E-state index is 0.0387. The van der Waals surface area contributed by atoms with E-state index in [-0.39, 0.29) is 11.1 Å². The van der Waals surface area contributed by atoms with Gasteiger partial charge >= 0.3 is 0 Å². The van der Waals surface area contributed by atoms with Crippen LogP contribution in [-0.2, 0) is 9.59 Å². The summed E-state index contributed by atoms with van der Waals surface area (Å²) in [6.07, 6.45) is 4.52. The molecule has 2 amide bonds. The maximum atomic E-state index is 13.0. The fourth-order valence-electron chi connectivity index (χ4n) is 3.91. The first kappa shape index (κ1) is 24.7. The van der Waals surface area contributed by atoms with Crippen molar-refractivity contribution in [2.75, 3.05) is 13.7 Å². The first-order valence-electron chi connectivity index (χ1n) is 11.8. The standard InChI is InChI=1S/C29H28N4O3/c1-19(2)14-15-36-24-12-10-21(11-13-24)27-22(18-33(31-27)23-8-6-5-7-9-23)16-25-20(3)26(17-30)29(35)32(4)28(25)34/h5-13,16,18-19H,14-15H2,1-4H3/b25-16+. The topological polar surface area (TPSA) is 88.2 Å². The largest absolute Gasteiger partial charge is 0.494 e. The minimum Gasteiger partial charge on any atom is -0.494 e. The average molecular weight is 481 g/mol. The monoisotopic (exact) mass is 480 g/mol. The fraction of sp³-hybridized carbons (Fsp3) is 0.241. The zero-order chi connectivity index (χ0) is 25.8. The molecule has 0 unspecified atom stereocenters. The molecule has 7 nitrogen and oxygen atoms in total. The normalized spacial score (nSPS) is 15.1. The number of nitrogens with zero attached hydrogens (tertiary/aromatic N) is 4. The third-order valence-corrected chi connectivity index (χ3v) is 6.10. The third kappa shape index (κ3) is 4.98. The van der Waals surface area contributed by atoms with E-state index in [9.17, 15) is 14.9 Å². The first-order chi connectivity index (χ1) is 17.3. The number of hydrogen-bond acceptors (Lipinski definition) is 5. The van der Waals surface area contributed by atoms with Crippen molar-refractivity contribution in [2.24, 2.45) is 5.92 Å². The Morgan fingerprint density at radius 1 is 1.06 bits per heavy atom. The number of benzene rings is 2. The van der Waals surface area contributed by atoms with Gasteiger partial charge in [0.25, 0.3) is 11.8 Å². The van der Waals surface area contributed by atoms with Crippen LogP contribution >= 0.6 is 0 Å². The van der Waals surface area contributed by atoms with E-state index >= 15 is 0 Å². The SMILES string of the molecule is CC1=C(C#N)C(=O)N(C)C(=O)/C1=C/c1cn(-c2ccccc2)nc1-c1ccc(OCCC(C)C)cc1. The van der Waals surface area contributed by atoms with Crippen molar-refractivity contribution in [1.82, 2.24) is 14.7 Å². The summed E-state index contributed by atoms with van der Waals surface area (Å²) in [6, 6.07) is 19.3. The molecule has 4 rings (SSSR count). The number of imide groups is 1. The molecule has 0 atom stereocenters. The van der Waals surface area contributed by atoms with Crippen molar-refractivity contribution in [3.63, 3.8) is 0 Å². The van der Waals surface area contributed by atoms with Crippen molar-refractivity contribution >= 4 is 17.9 Å². The molecule has 0 spiro atoms. The number of nitriles is 1. The van der Waals surface area contributed by atoms with Crippen LogP contribution in [0.2, 0.25) is 0 Å². The van der Waals surface area contributed by atoms with Crippen LogP contribution in [0.15, 0.2) is 77.5 Å². The zero-order valence-electron chi connectivity index (χ0n) is 20.9. The van der Waals surface area contributed by atoms with Crippen LogP contribution in [0.25, 0.3) is 23.0 Å². The fourth-order valence-corrected chi connectivity index (χ4v) is 3.91. The van der Waals surface area contributed by atoms with Crippen LogP contribution in [0.4, 0.5) is 0 Å². The first-order valence-corrected chi connectivity index (χ1v) is 11.8. The molecule has 0 N–H and O–H groups in total. The molecule has 0 radical (unpaired) electrons. The maximum absolute atomic E-state index is 13.0. The summed E-state index contributed by atoms with van der Waals surface area (Å²) in [4.78, 5) is 26.3. The Kier molecular flexibility index (Phi) is 7.16. The van der Waals surface area contributed by atoms with Gasteiger partial charge in [0, 0.05) is 29.9 Å². The molecular weight excluding hydrogens is 452 g/mol. The zero-order valence-corrected chi connectivity index (χ0v) is 20.9. The van der Waals surface area contributed by atoms with Crippen LogP contribution in [0, 0.1) is 17.2 Å². The predicted octanol–water partition coefficient (Wildman–Crippen LogP) is 5.19. The molecule has 2 heterocycles. The smallest absolute Gasteiger partial charge is 0.271 e. The number of carbonyl (C=O) groups excluding carboxylic acids is 2. The second kappa shape index (κ2) is 10.4. The Morgan fingerprint density at radius 2 is 1.75 bits per heavy atom. The number of para-hydroxylation sites is 1. The van der Waals surface area contributed by atoms with Crippen molar-refractivity contribution in [3.8, 4) is 28.8 Å². The number of rotatable bonds is 7. The van der Waals surface area contributed by atoms with Crippen molar-refractivity contribution < 1.29 is 14.3 Å². The lowest BCUT2D eigenvalue weighted by Crippen LogP contribution is -2.39. The highest BCUT2D eigenvalue weighted by atomic mass is 16.5. The van der Waals surface area contributed by atoms with Gasteiger partial charge in [-0.05, 0) is 67.3 Å². The van der Waals surface area contributed by atoms with Crippen molar-refractivity contribution in [2.45, 2.75) is 27.2 Å². The highest BCUT2D eigenvalue weighted by molar-refractivity contribution is 6.19. The van der Waals surface area contributed by atoms with Gasteiger partial charge in [-0.25, -0.2) is 4.68 Å².